The number of alkyl halides is 2. The molecular weight excluding hydrogens is 643 g/mol. The number of amides is 1. The summed E-state index contributed by atoms with van der Waals surface area (Å²) in [5.74, 6) is -1.51. The van der Waals surface area contributed by atoms with Crippen LogP contribution in [0.1, 0.15) is 40.4 Å². The number of ether oxygens (including phenoxy) is 3. The van der Waals surface area contributed by atoms with Crippen LogP contribution in [-0.4, -0.2) is 74.9 Å². The van der Waals surface area contributed by atoms with Gasteiger partial charge in [0.2, 0.25) is 10.0 Å². The van der Waals surface area contributed by atoms with Crippen LogP contribution in [0.3, 0.4) is 0 Å². The van der Waals surface area contributed by atoms with Crippen molar-refractivity contribution in [3.63, 3.8) is 0 Å². The van der Waals surface area contributed by atoms with Gasteiger partial charge in [0.15, 0.2) is 11.5 Å². The lowest BCUT2D eigenvalue weighted by molar-refractivity contribution is -0.153. The fourth-order valence-corrected chi connectivity index (χ4v) is 7.00. The van der Waals surface area contributed by atoms with Gasteiger partial charge in [0.05, 0.1) is 22.1 Å². The van der Waals surface area contributed by atoms with Crippen molar-refractivity contribution in [1.82, 2.24) is 14.2 Å². The number of benzene rings is 2. The lowest BCUT2D eigenvalue weighted by Crippen LogP contribution is -2.42. The average Bonchev–Trinajstić information content (AvgIpc) is 3.49. The van der Waals surface area contributed by atoms with Crippen LogP contribution in [0.15, 0.2) is 59.8 Å². The van der Waals surface area contributed by atoms with Crippen LogP contribution < -0.4 is 9.47 Å². The van der Waals surface area contributed by atoms with Gasteiger partial charge >= 0.3 is 12.6 Å². The second-order valence-corrected chi connectivity index (χ2v) is 12.7. The summed E-state index contributed by atoms with van der Waals surface area (Å²) >= 11 is 12.7. The highest BCUT2D eigenvalue weighted by Crippen LogP contribution is 2.37. The summed E-state index contributed by atoms with van der Waals surface area (Å²) in [7, 11) is 0.148. The van der Waals surface area contributed by atoms with E-state index in [-0.39, 0.29) is 57.3 Å². The maximum Gasteiger partial charge on any atom is 0.387 e. The van der Waals surface area contributed by atoms with E-state index in [1.165, 1.54) is 66.9 Å². The number of carbonyl (C=O) groups is 2. The molecule has 1 aliphatic rings. The summed E-state index contributed by atoms with van der Waals surface area (Å²) in [6.45, 7) is -3.05. The van der Waals surface area contributed by atoms with Crippen molar-refractivity contribution >= 4 is 45.1 Å². The molecule has 2 atom stereocenters. The van der Waals surface area contributed by atoms with Crippen LogP contribution in [0, 0.1) is 0 Å². The van der Waals surface area contributed by atoms with Crippen LogP contribution in [0.5, 0.6) is 11.5 Å². The lowest BCUT2D eigenvalue weighted by Gasteiger charge is -2.26. The quantitative estimate of drug-likeness (QED) is 0.250. The molecule has 15 heteroatoms. The Bertz CT molecular complexity index is 1620. The molecule has 44 heavy (non-hydrogen) atoms. The van der Waals surface area contributed by atoms with Gasteiger partial charge in [0.1, 0.15) is 12.1 Å². The summed E-state index contributed by atoms with van der Waals surface area (Å²) in [5, 5.41) is 0.390. The molecule has 236 valence electrons. The standard InChI is InChI=1S/C29H29Cl2F2N3O7S/c1-35(2)27(37)18-6-4-7-19(12-18)44(39,40)36-11-5-8-23(36)28(38)42-25(14-20-21(30)15-34-16-22(20)31)17-9-10-24(43-29(32)33)26(13-17)41-3/h4,6-7,9-10,12-13,15-16,23,25,29H,5,8,11,14H2,1-3H3/t23-,25-/m0/s1. The predicted molar refractivity (Wildman–Crippen MR) is 158 cm³/mol. The monoisotopic (exact) mass is 671 g/mol. The summed E-state index contributed by atoms with van der Waals surface area (Å²) < 4.78 is 69.9. The third-order valence-corrected chi connectivity index (χ3v) is 9.50. The minimum Gasteiger partial charge on any atom is -0.493 e. The lowest BCUT2D eigenvalue weighted by atomic mass is 10.0. The van der Waals surface area contributed by atoms with E-state index in [2.05, 4.69) is 9.72 Å². The second-order valence-electron chi connectivity index (χ2n) is 10.0. The van der Waals surface area contributed by atoms with Gasteiger partial charge in [-0.3, -0.25) is 14.6 Å². The fourth-order valence-electron chi connectivity index (χ4n) is 4.79. The van der Waals surface area contributed by atoms with Crippen molar-refractivity contribution in [3.05, 3.63) is 81.6 Å². The highest BCUT2D eigenvalue weighted by Gasteiger charge is 2.41. The zero-order valence-electron chi connectivity index (χ0n) is 23.9. The Morgan fingerprint density at radius 1 is 1.09 bits per heavy atom. The molecule has 4 rings (SSSR count). The number of carbonyl (C=O) groups excluding carboxylic acids is 2. The maximum absolute atomic E-state index is 13.7. The Hall–Kier alpha value is -3.52. The first kappa shape index (κ1) is 33.4. The molecular formula is C29H29Cl2F2N3O7S. The van der Waals surface area contributed by atoms with E-state index >= 15 is 0 Å². The zero-order chi connectivity index (χ0) is 32.2. The fraction of sp³-hybridized carbons (Fsp3) is 0.345. The molecule has 1 aliphatic heterocycles. The van der Waals surface area contributed by atoms with Crippen molar-refractivity contribution in [2.75, 3.05) is 27.7 Å². The molecule has 1 amide bonds. The van der Waals surface area contributed by atoms with Crippen molar-refractivity contribution in [2.45, 2.75) is 42.9 Å². The average molecular weight is 673 g/mol. The van der Waals surface area contributed by atoms with Crippen LogP contribution >= 0.6 is 23.2 Å². The summed E-state index contributed by atoms with van der Waals surface area (Å²) in [6, 6.07) is 8.43. The van der Waals surface area contributed by atoms with Crippen molar-refractivity contribution in [2.24, 2.45) is 0 Å². The molecule has 10 nitrogen and oxygen atoms in total. The first-order valence-electron chi connectivity index (χ1n) is 13.3. The third kappa shape index (κ3) is 7.40. The van der Waals surface area contributed by atoms with Gasteiger partial charge in [0.25, 0.3) is 5.91 Å². The number of halogens is 4. The van der Waals surface area contributed by atoms with Crippen LogP contribution in [0.4, 0.5) is 8.78 Å². The first-order valence-corrected chi connectivity index (χ1v) is 15.5. The number of pyridine rings is 1. The largest absolute Gasteiger partial charge is 0.493 e. The SMILES string of the molecule is COc1cc([C@H](Cc2c(Cl)cncc2Cl)OC(=O)[C@@H]2CCCN2S(=O)(=O)c2cccc(C(=O)N(C)C)c2)ccc1OC(F)F. The smallest absolute Gasteiger partial charge is 0.387 e. The molecule has 1 fully saturated rings. The summed E-state index contributed by atoms with van der Waals surface area (Å²) in [5.41, 5.74) is 0.892. The minimum atomic E-state index is -4.21. The van der Waals surface area contributed by atoms with Crippen LogP contribution in [-0.2, 0) is 26.0 Å². The highest BCUT2D eigenvalue weighted by atomic mass is 35.5. The molecule has 3 aromatic rings. The van der Waals surface area contributed by atoms with Crippen molar-refractivity contribution in [3.8, 4) is 11.5 Å². The van der Waals surface area contributed by atoms with Gasteiger partial charge in [0, 0.05) is 45.0 Å². The number of hydrogen-bond acceptors (Lipinski definition) is 8. The Morgan fingerprint density at radius 2 is 1.80 bits per heavy atom. The highest BCUT2D eigenvalue weighted by molar-refractivity contribution is 7.89. The Morgan fingerprint density at radius 3 is 2.43 bits per heavy atom. The number of rotatable bonds is 11. The number of methoxy groups -OCH3 is 1. The van der Waals surface area contributed by atoms with E-state index in [4.69, 9.17) is 32.7 Å². The van der Waals surface area contributed by atoms with Gasteiger partial charge in [-0.1, -0.05) is 35.3 Å². The number of nitrogens with zero attached hydrogens (tertiary/aromatic N) is 3. The first-order chi connectivity index (χ1) is 20.8. The van der Waals surface area contributed by atoms with Gasteiger partial charge < -0.3 is 19.1 Å². The van der Waals surface area contributed by atoms with Gasteiger partial charge in [-0.25, -0.2) is 8.42 Å². The molecule has 0 spiro atoms. The number of aromatic nitrogens is 1. The molecule has 2 aromatic carbocycles. The zero-order valence-corrected chi connectivity index (χ0v) is 26.2. The molecule has 0 aliphatic carbocycles. The van der Waals surface area contributed by atoms with Crippen molar-refractivity contribution in [1.29, 1.82) is 0 Å². The van der Waals surface area contributed by atoms with E-state index in [1.807, 2.05) is 0 Å². The Kier molecular flexibility index (Phi) is 10.7. The molecule has 0 unspecified atom stereocenters. The molecule has 0 radical (unpaired) electrons. The number of sulfonamides is 1. The summed E-state index contributed by atoms with van der Waals surface area (Å²) in [6.07, 6.45) is 2.14. The number of hydrogen-bond donors (Lipinski definition) is 0. The Labute approximate surface area is 263 Å². The van der Waals surface area contributed by atoms with Gasteiger partial charge in [-0.05, 0) is 54.3 Å². The number of esters is 1. The van der Waals surface area contributed by atoms with Gasteiger partial charge in [-0.15, -0.1) is 0 Å². The minimum absolute atomic E-state index is 0.0482. The third-order valence-electron chi connectivity index (χ3n) is 6.95. The molecule has 1 saturated heterocycles. The molecule has 1 aromatic heterocycles. The molecule has 0 saturated carbocycles. The molecule has 2 heterocycles. The van der Waals surface area contributed by atoms with Gasteiger partial charge in [-0.2, -0.15) is 13.1 Å². The second kappa shape index (κ2) is 14.1. The molecule has 0 N–H and O–H groups in total. The summed E-state index contributed by atoms with van der Waals surface area (Å²) in [4.78, 5) is 31.3. The van der Waals surface area contributed by atoms with E-state index in [1.54, 1.807) is 14.1 Å². The van der Waals surface area contributed by atoms with Crippen LogP contribution in [0.25, 0.3) is 0 Å². The molecule has 0 bridgehead atoms. The van der Waals surface area contributed by atoms with E-state index < -0.39 is 34.7 Å². The Balaban J connectivity index is 1.67. The van der Waals surface area contributed by atoms with E-state index in [9.17, 15) is 26.8 Å². The maximum atomic E-state index is 13.7. The topological polar surface area (TPSA) is 115 Å². The normalized spacial score (nSPS) is 16.0. The van der Waals surface area contributed by atoms with Crippen LogP contribution in [0.2, 0.25) is 10.0 Å². The van der Waals surface area contributed by atoms with E-state index in [0.717, 1.165) is 4.31 Å². The predicted octanol–water partition coefficient (Wildman–Crippen LogP) is 5.38. The van der Waals surface area contributed by atoms with E-state index in [0.29, 0.717) is 17.5 Å². The van der Waals surface area contributed by atoms with Crippen molar-refractivity contribution < 1.29 is 41.0 Å².